The third-order valence-corrected chi connectivity index (χ3v) is 7.21. The molecule has 1 aromatic heterocycles. The molecule has 3 aromatic rings. The van der Waals surface area contributed by atoms with Crippen molar-refractivity contribution in [3.63, 3.8) is 0 Å². The predicted molar refractivity (Wildman–Crippen MR) is 145 cm³/mol. The van der Waals surface area contributed by atoms with Crippen molar-refractivity contribution >= 4 is 17.7 Å². The van der Waals surface area contributed by atoms with E-state index in [0.29, 0.717) is 18.8 Å². The van der Waals surface area contributed by atoms with Gasteiger partial charge in [0.05, 0.1) is 6.20 Å². The molecule has 5 rings (SSSR count). The summed E-state index contributed by atoms with van der Waals surface area (Å²) in [5.41, 5.74) is 2.87. The highest BCUT2D eigenvalue weighted by Crippen LogP contribution is 2.30. The number of nitrogens with zero attached hydrogens (tertiary/aromatic N) is 3. The van der Waals surface area contributed by atoms with E-state index in [0.717, 1.165) is 54.6 Å². The van der Waals surface area contributed by atoms with Crippen LogP contribution in [0.25, 0.3) is 11.1 Å². The molecule has 0 unspecified atom stereocenters. The van der Waals surface area contributed by atoms with Crippen LogP contribution in [-0.4, -0.2) is 63.0 Å². The number of piperidine rings is 1. The Bertz CT molecular complexity index is 1250. The van der Waals surface area contributed by atoms with E-state index < -0.39 is 11.6 Å². The maximum atomic E-state index is 13.4. The molecule has 2 aliphatic rings. The number of urea groups is 1. The lowest BCUT2D eigenvalue weighted by molar-refractivity contribution is -0.152. The number of carboxylic acid groups (broad SMARTS) is 1. The van der Waals surface area contributed by atoms with Gasteiger partial charge in [0, 0.05) is 55.2 Å². The first-order valence-corrected chi connectivity index (χ1v) is 13.2. The summed E-state index contributed by atoms with van der Waals surface area (Å²) < 4.78 is 5.73. The van der Waals surface area contributed by atoms with Crippen LogP contribution in [0.5, 0.6) is 5.75 Å². The quantitative estimate of drug-likeness (QED) is 0.381. The van der Waals surface area contributed by atoms with Crippen molar-refractivity contribution in [1.82, 2.24) is 20.4 Å². The van der Waals surface area contributed by atoms with Gasteiger partial charge in [-0.25, -0.2) is 9.59 Å². The highest BCUT2D eigenvalue weighted by atomic mass is 16.5. The van der Waals surface area contributed by atoms with Gasteiger partial charge in [-0.2, -0.15) is 5.10 Å². The Balaban J connectivity index is 1.21. The number of hydrogen-bond acceptors (Lipinski definition) is 5. The summed E-state index contributed by atoms with van der Waals surface area (Å²) in [6.07, 6.45) is 7.62. The number of carbonyl (C=O) groups excluding carboxylic acids is 1. The minimum atomic E-state index is -1.32. The first-order valence-electron chi connectivity index (χ1n) is 13.2. The lowest BCUT2D eigenvalue weighted by Crippen LogP contribution is -2.52. The number of aliphatic carboxylic acids is 1. The van der Waals surface area contributed by atoms with Crippen LogP contribution < -0.4 is 15.0 Å². The lowest BCUT2D eigenvalue weighted by Gasteiger charge is -2.36. The Morgan fingerprint density at radius 2 is 1.95 bits per heavy atom. The zero-order valence-corrected chi connectivity index (χ0v) is 21.9. The van der Waals surface area contributed by atoms with E-state index in [1.165, 1.54) is 13.8 Å². The van der Waals surface area contributed by atoms with Gasteiger partial charge in [-0.05, 0) is 62.8 Å². The first-order chi connectivity index (χ1) is 18.3. The SMILES string of the molecule is CC(C)(Oc1cccc(N2CCC[C@@H](NC(=O)N(Cc3ccc(-c4cn[nH]c4)cc3)C3CC3)C2)c1)C(=O)O. The molecule has 2 amide bonds. The van der Waals surface area contributed by atoms with E-state index >= 15 is 0 Å². The number of ether oxygens (including phenoxy) is 1. The normalized spacial score (nSPS) is 17.6. The molecule has 2 aromatic carbocycles. The van der Waals surface area contributed by atoms with Gasteiger partial charge in [0.2, 0.25) is 0 Å². The average molecular weight is 518 g/mol. The van der Waals surface area contributed by atoms with E-state index in [1.54, 1.807) is 12.3 Å². The zero-order valence-electron chi connectivity index (χ0n) is 21.9. The van der Waals surface area contributed by atoms with Gasteiger partial charge < -0.3 is 25.0 Å². The fourth-order valence-electron chi connectivity index (χ4n) is 4.83. The molecular weight excluding hydrogens is 482 g/mol. The molecule has 3 N–H and O–H groups in total. The van der Waals surface area contributed by atoms with Crippen LogP contribution in [0, 0.1) is 0 Å². The third-order valence-electron chi connectivity index (χ3n) is 7.21. The van der Waals surface area contributed by atoms with Crippen LogP contribution in [0.4, 0.5) is 10.5 Å². The molecule has 2 fully saturated rings. The van der Waals surface area contributed by atoms with E-state index in [4.69, 9.17) is 4.74 Å². The number of aromatic amines is 1. The summed E-state index contributed by atoms with van der Waals surface area (Å²) in [6, 6.07) is 16.1. The maximum Gasteiger partial charge on any atom is 0.347 e. The van der Waals surface area contributed by atoms with E-state index in [9.17, 15) is 14.7 Å². The molecule has 0 radical (unpaired) electrons. The largest absolute Gasteiger partial charge is 0.478 e. The topological polar surface area (TPSA) is 111 Å². The van der Waals surface area contributed by atoms with Crippen molar-refractivity contribution in [2.24, 2.45) is 0 Å². The van der Waals surface area contributed by atoms with Crippen molar-refractivity contribution in [2.45, 2.75) is 63.8 Å². The molecule has 200 valence electrons. The Hall–Kier alpha value is -4.01. The predicted octanol–water partition coefficient (Wildman–Crippen LogP) is 4.66. The number of amides is 2. The van der Waals surface area contributed by atoms with Gasteiger partial charge in [-0.3, -0.25) is 5.10 Å². The Labute approximate surface area is 222 Å². The van der Waals surface area contributed by atoms with Crippen LogP contribution in [-0.2, 0) is 11.3 Å². The third kappa shape index (κ3) is 6.10. The van der Waals surface area contributed by atoms with E-state index in [1.807, 2.05) is 29.3 Å². The minimum Gasteiger partial charge on any atom is -0.478 e. The molecule has 2 heterocycles. The Kier molecular flexibility index (Phi) is 7.26. The van der Waals surface area contributed by atoms with Gasteiger partial charge in [0.25, 0.3) is 0 Å². The molecule has 38 heavy (non-hydrogen) atoms. The molecule has 1 aliphatic heterocycles. The van der Waals surface area contributed by atoms with Gasteiger partial charge >= 0.3 is 12.0 Å². The number of nitrogens with one attached hydrogen (secondary N) is 2. The second-order valence-corrected chi connectivity index (χ2v) is 10.7. The van der Waals surface area contributed by atoms with Crippen molar-refractivity contribution in [1.29, 1.82) is 0 Å². The highest BCUT2D eigenvalue weighted by Gasteiger charge is 2.34. The minimum absolute atomic E-state index is 0.0152. The molecule has 0 spiro atoms. The smallest absolute Gasteiger partial charge is 0.347 e. The molecule has 9 nitrogen and oxygen atoms in total. The molecule has 1 atom stereocenters. The zero-order chi connectivity index (χ0) is 26.7. The second-order valence-electron chi connectivity index (χ2n) is 10.7. The van der Waals surface area contributed by atoms with E-state index in [-0.39, 0.29) is 18.1 Å². The monoisotopic (exact) mass is 517 g/mol. The van der Waals surface area contributed by atoms with Crippen LogP contribution in [0.2, 0.25) is 0 Å². The number of aromatic nitrogens is 2. The molecule has 1 saturated heterocycles. The summed E-state index contributed by atoms with van der Waals surface area (Å²) in [4.78, 5) is 29.0. The molecule has 9 heteroatoms. The molecular formula is C29H35N5O4. The van der Waals surface area contributed by atoms with E-state index in [2.05, 4.69) is 44.7 Å². The van der Waals surface area contributed by atoms with Crippen molar-refractivity contribution in [3.8, 4) is 16.9 Å². The number of rotatable bonds is 9. The molecule has 1 aliphatic carbocycles. The summed E-state index contributed by atoms with van der Waals surface area (Å²) >= 11 is 0. The number of hydrogen-bond donors (Lipinski definition) is 3. The van der Waals surface area contributed by atoms with Crippen molar-refractivity contribution in [3.05, 3.63) is 66.5 Å². The highest BCUT2D eigenvalue weighted by molar-refractivity contribution is 5.77. The number of anilines is 1. The Morgan fingerprint density at radius 3 is 2.63 bits per heavy atom. The molecule has 1 saturated carbocycles. The van der Waals surface area contributed by atoms with Gasteiger partial charge in [0.1, 0.15) is 5.75 Å². The second kappa shape index (κ2) is 10.8. The Morgan fingerprint density at radius 1 is 1.16 bits per heavy atom. The summed E-state index contributed by atoms with van der Waals surface area (Å²) in [7, 11) is 0. The maximum absolute atomic E-state index is 13.4. The van der Waals surface area contributed by atoms with Crippen LogP contribution in [0.3, 0.4) is 0 Å². The van der Waals surface area contributed by atoms with Crippen LogP contribution in [0.15, 0.2) is 60.9 Å². The van der Waals surface area contributed by atoms with Gasteiger partial charge in [0.15, 0.2) is 5.60 Å². The van der Waals surface area contributed by atoms with Crippen LogP contribution >= 0.6 is 0 Å². The first kappa shape index (κ1) is 25.6. The summed E-state index contributed by atoms with van der Waals surface area (Å²) in [5, 5.41) is 19.5. The number of H-pyrrole nitrogens is 1. The van der Waals surface area contributed by atoms with Gasteiger partial charge in [-0.15, -0.1) is 0 Å². The van der Waals surface area contributed by atoms with Gasteiger partial charge in [-0.1, -0.05) is 30.3 Å². The fourth-order valence-corrected chi connectivity index (χ4v) is 4.83. The number of carboxylic acids is 1. The molecule has 0 bridgehead atoms. The van der Waals surface area contributed by atoms with Crippen LogP contribution in [0.1, 0.15) is 45.1 Å². The number of benzene rings is 2. The van der Waals surface area contributed by atoms with Crippen molar-refractivity contribution < 1.29 is 19.4 Å². The average Bonchev–Trinajstić information content (AvgIpc) is 3.59. The van der Waals surface area contributed by atoms with Crippen molar-refractivity contribution in [2.75, 3.05) is 18.0 Å². The summed E-state index contributed by atoms with van der Waals surface area (Å²) in [6.45, 7) is 5.21. The summed E-state index contributed by atoms with van der Waals surface area (Å²) in [5.74, 6) is -0.502. The number of carbonyl (C=O) groups is 2. The lowest BCUT2D eigenvalue weighted by atomic mass is 10.0. The standard InChI is InChI=1S/C29H35N5O4/c1-29(2,27(35)36)38-26-7-3-6-25(15-26)33-14-4-5-23(19-33)32-28(37)34(24-12-13-24)18-20-8-10-21(11-9-20)22-16-30-31-17-22/h3,6-11,15-17,23-24H,4-5,12-14,18-19H2,1-2H3,(H,30,31)(H,32,37)(H,35,36)/t23-/m1/s1. The fraction of sp³-hybridized carbons (Fsp3) is 0.414.